The summed E-state index contributed by atoms with van der Waals surface area (Å²) >= 11 is 0. The standard InChI is InChI=1S/C20H24N4O4/c1-14-11-18(19(24(27)28)12-15(14)2)21-20(26)13-22-7-9-23(10-8-22)16-3-5-17(25)6-4-16/h3-6,11-12,25H,7-10,13H2,1-2H3,(H,21,26)/p+1. The Labute approximate surface area is 163 Å². The molecule has 2 aromatic carbocycles. The van der Waals surface area contributed by atoms with Gasteiger partial charge in [-0.05, 0) is 55.3 Å². The molecule has 2 aromatic rings. The number of aromatic hydroxyl groups is 1. The minimum absolute atomic E-state index is 0.0800. The van der Waals surface area contributed by atoms with Gasteiger partial charge in [-0.15, -0.1) is 0 Å². The number of phenolic OH excluding ortho intramolecular Hbond substituents is 1. The molecule has 28 heavy (non-hydrogen) atoms. The molecule has 148 valence electrons. The van der Waals surface area contributed by atoms with Crippen LogP contribution in [0.1, 0.15) is 11.1 Å². The van der Waals surface area contributed by atoms with Gasteiger partial charge in [0.2, 0.25) is 0 Å². The van der Waals surface area contributed by atoms with Crippen LogP contribution >= 0.6 is 0 Å². The summed E-state index contributed by atoms with van der Waals surface area (Å²) in [6.07, 6.45) is 0. The number of hydrogen-bond donors (Lipinski definition) is 3. The minimum Gasteiger partial charge on any atom is -0.508 e. The summed E-state index contributed by atoms with van der Waals surface area (Å²) in [6, 6.07) is 10.2. The molecular weight excluding hydrogens is 360 g/mol. The molecule has 1 aliphatic rings. The number of piperazine rings is 1. The van der Waals surface area contributed by atoms with Gasteiger partial charge in [-0.3, -0.25) is 14.9 Å². The van der Waals surface area contributed by atoms with Crippen LogP contribution in [0.3, 0.4) is 0 Å². The maximum absolute atomic E-state index is 12.4. The highest BCUT2D eigenvalue weighted by Gasteiger charge is 2.24. The van der Waals surface area contributed by atoms with Gasteiger partial charge in [0.05, 0.1) is 31.1 Å². The summed E-state index contributed by atoms with van der Waals surface area (Å²) in [4.78, 5) is 26.6. The second-order valence-electron chi connectivity index (χ2n) is 7.19. The molecule has 0 aliphatic carbocycles. The van der Waals surface area contributed by atoms with E-state index in [1.165, 1.54) is 6.07 Å². The van der Waals surface area contributed by atoms with E-state index in [4.69, 9.17) is 0 Å². The number of quaternary nitrogens is 1. The number of carbonyl (C=O) groups excluding carboxylic acids is 1. The number of phenols is 1. The van der Waals surface area contributed by atoms with E-state index in [2.05, 4.69) is 10.2 Å². The number of nitro groups is 1. The Hall–Kier alpha value is -3.13. The summed E-state index contributed by atoms with van der Waals surface area (Å²) in [5.74, 6) is 0.0181. The Morgan fingerprint density at radius 1 is 1.18 bits per heavy atom. The topological polar surface area (TPSA) is 100 Å². The summed E-state index contributed by atoms with van der Waals surface area (Å²) in [7, 11) is 0. The van der Waals surface area contributed by atoms with Crippen LogP contribution in [-0.4, -0.2) is 48.7 Å². The number of anilines is 2. The molecule has 0 aromatic heterocycles. The Morgan fingerprint density at radius 3 is 2.39 bits per heavy atom. The molecule has 3 N–H and O–H groups in total. The van der Waals surface area contributed by atoms with Crippen molar-refractivity contribution in [3.8, 4) is 5.75 Å². The molecule has 3 rings (SSSR count). The van der Waals surface area contributed by atoms with E-state index in [1.807, 2.05) is 26.0 Å². The lowest BCUT2D eigenvalue weighted by Gasteiger charge is -2.33. The number of benzene rings is 2. The van der Waals surface area contributed by atoms with Gasteiger partial charge in [-0.1, -0.05) is 0 Å². The third-order valence-electron chi connectivity index (χ3n) is 5.18. The van der Waals surface area contributed by atoms with Crippen molar-refractivity contribution in [1.82, 2.24) is 0 Å². The lowest BCUT2D eigenvalue weighted by atomic mass is 10.1. The van der Waals surface area contributed by atoms with E-state index in [9.17, 15) is 20.0 Å². The largest absolute Gasteiger partial charge is 0.508 e. The second kappa shape index (κ2) is 8.26. The first kappa shape index (κ1) is 19.6. The molecule has 0 radical (unpaired) electrons. The molecule has 1 heterocycles. The van der Waals surface area contributed by atoms with Gasteiger partial charge in [-0.25, -0.2) is 0 Å². The van der Waals surface area contributed by atoms with Gasteiger partial charge >= 0.3 is 0 Å². The smallest absolute Gasteiger partial charge is 0.293 e. The first-order valence-electron chi connectivity index (χ1n) is 9.26. The number of nitro benzene ring substituents is 1. The monoisotopic (exact) mass is 385 g/mol. The van der Waals surface area contributed by atoms with Crippen LogP contribution in [0.15, 0.2) is 36.4 Å². The molecule has 0 atom stereocenters. The van der Waals surface area contributed by atoms with Crippen LogP contribution in [0, 0.1) is 24.0 Å². The minimum atomic E-state index is -0.467. The molecule has 0 spiro atoms. The van der Waals surface area contributed by atoms with E-state index in [-0.39, 0.29) is 29.6 Å². The Kier molecular flexibility index (Phi) is 5.79. The highest BCUT2D eigenvalue weighted by molar-refractivity contribution is 5.94. The highest BCUT2D eigenvalue weighted by Crippen LogP contribution is 2.27. The third-order valence-corrected chi connectivity index (χ3v) is 5.18. The molecule has 1 saturated heterocycles. The first-order valence-corrected chi connectivity index (χ1v) is 9.26. The Morgan fingerprint density at radius 2 is 1.79 bits per heavy atom. The predicted molar refractivity (Wildman–Crippen MR) is 107 cm³/mol. The van der Waals surface area contributed by atoms with E-state index in [1.54, 1.807) is 18.2 Å². The SMILES string of the molecule is Cc1cc(NC(=O)C[NH+]2CCN(c3ccc(O)cc3)CC2)c([N+](=O)[O-])cc1C. The van der Waals surface area contributed by atoms with Crippen molar-refractivity contribution in [2.75, 3.05) is 42.9 Å². The molecular formula is C20H25N4O4+. The number of carbonyl (C=O) groups is 1. The molecule has 0 saturated carbocycles. The number of hydrogen-bond acceptors (Lipinski definition) is 5. The van der Waals surface area contributed by atoms with Crippen molar-refractivity contribution < 1.29 is 19.7 Å². The summed E-state index contributed by atoms with van der Waals surface area (Å²) in [5, 5.41) is 23.4. The Balaban J connectivity index is 1.57. The average molecular weight is 385 g/mol. The van der Waals surface area contributed by atoms with E-state index in [0.717, 1.165) is 47.9 Å². The van der Waals surface area contributed by atoms with Crippen LogP contribution in [-0.2, 0) is 4.79 Å². The summed E-state index contributed by atoms with van der Waals surface area (Å²) < 4.78 is 0. The quantitative estimate of drug-likeness (QED) is 0.532. The van der Waals surface area contributed by atoms with Crippen molar-refractivity contribution in [3.05, 3.63) is 57.6 Å². The van der Waals surface area contributed by atoms with Gasteiger partial charge < -0.3 is 20.2 Å². The predicted octanol–water partition coefficient (Wildman–Crippen LogP) is 1.26. The first-order chi connectivity index (χ1) is 13.3. The zero-order valence-corrected chi connectivity index (χ0v) is 16.1. The molecule has 0 bridgehead atoms. The van der Waals surface area contributed by atoms with Crippen LogP contribution in [0.2, 0.25) is 0 Å². The molecule has 8 nitrogen and oxygen atoms in total. The average Bonchev–Trinajstić information content (AvgIpc) is 2.65. The van der Waals surface area contributed by atoms with Gasteiger partial charge in [-0.2, -0.15) is 0 Å². The summed E-state index contributed by atoms with van der Waals surface area (Å²) in [5.41, 5.74) is 2.94. The fourth-order valence-electron chi connectivity index (χ4n) is 3.39. The summed E-state index contributed by atoms with van der Waals surface area (Å²) in [6.45, 7) is 7.14. The van der Waals surface area contributed by atoms with E-state index < -0.39 is 4.92 Å². The van der Waals surface area contributed by atoms with Crippen molar-refractivity contribution >= 4 is 23.0 Å². The number of nitrogens with one attached hydrogen (secondary N) is 2. The molecule has 0 unspecified atom stereocenters. The molecule has 1 amide bonds. The molecule has 8 heteroatoms. The van der Waals surface area contributed by atoms with Crippen molar-refractivity contribution in [2.45, 2.75) is 13.8 Å². The number of nitrogens with zero attached hydrogens (tertiary/aromatic N) is 2. The maximum atomic E-state index is 12.4. The van der Waals surface area contributed by atoms with Crippen LogP contribution in [0.25, 0.3) is 0 Å². The van der Waals surface area contributed by atoms with Crippen LogP contribution < -0.4 is 15.1 Å². The molecule has 1 fully saturated rings. The van der Waals surface area contributed by atoms with Gasteiger partial charge in [0.15, 0.2) is 6.54 Å². The van der Waals surface area contributed by atoms with Crippen molar-refractivity contribution in [1.29, 1.82) is 0 Å². The van der Waals surface area contributed by atoms with Gasteiger partial charge in [0, 0.05) is 11.8 Å². The number of amides is 1. The number of aryl methyl sites for hydroxylation is 2. The third kappa shape index (κ3) is 4.58. The lowest BCUT2D eigenvalue weighted by Crippen LogP contribution is -3.15. The maximum Gasteiger partial charge on any atom is 0.293 e. The van der Waals surface area contributed by atoms with E-state index >= 15 is 0 Å². The normalized spacial score (nSPS) is 14.7. The zero-order chi connectivity index (χ0) is 20.3. The fourth-order valence-corrected chi connectivity index (χ4v) is 3.39. The zero-order valence-electron chi connectivity index (χ0n) is 16.1. The van der Waals surface area contributed by atoms with Crippen LogP contribution in [0.5, 0.6) is 5.75 Å². The molecule has 1 aliphatic heterocycles. The van der Waals surface area contributed by atoms with Crippen LogP contribution in [0.4, 0.5) is 17.1 Å². The van der Waals surface area contributed by atoms with E-state index in [0.29, 0.717) is 0 Å². The van der Waals surface area contributed by atoms with Gasteiger partial charge in [0.25, 0.3) is 11.6 Å². The van der Waals surface area contributed by atoms with Crippen molar-refractivity contribution in [2.24, 2.45) is 0 Å². The Bertz CT molecular complexity index is 875. The fraction of sp³-hybridized carbons (Fsp3) is 0.350. The highest BCUT2D eigenvalue weighted by atomic mass is 16.6. The van der Waals surface area contributed by atoms with Gasteiger partial charge in [0.1, 0.15) is 11.4 Å². The van der Waals surface area contributed by atoms with Crippen molar-refractivity contribution in [3.63, 3.8) is 0 Å². The number of rotatable bonds is 5. The second-order valence-corrected chi connectivity index (χ2v) is 7.19. The lowest BCUT2D eigenvalue weighted by molar-refractivity contribution is -0.892.